The molecule has 1 heterocycles. The van der Waals surface area contributed by atoms with Gasteiger partial charge in [0, 0.05) is 4.47 Å². The van der Waals surface area contributed by atoms with Crippen molar-refractivity contribution >= 4 is 33.9 Å². The summed E-state index contributed by atoms with van der Waals surface area (Å²) in [6, 6.07) is 3.57. The summed E-state index contributed by atoms with van der Waals surface area (Å²) in [4.78, 5) is 11.8. The molecule has 20 heavy (non-hydrogen) atoms. The van der Waals surface area contributed by atoms with Crippen LogP contribution in [0.1, 0.15) is 5.56 Å². The molecule has 2 rings (SSSR count). The summed E-state index contributed by atoms with van der Waals surface area (Å²) in [6.45, 7) is 0. The van der Waals surface area contributed by atoms with E-state index in [0.717, 1.165) is 10.0 Å². The SMILES string of the molecule is COc1cc(Br)c(C=C2C(=O)NC(N)=[N+]2C)cc1OC. The number of nitrogens with two attached hydrogens (primary N) is 1. The van der Waals surface area contributed by atoms with E-state index in [1.54, 1.807) is 44.1 Å². The molecule has 1 aliphatic rings. The lowest BCUT2D eigenvalue weighted by Gasteiger charge is -2.10. The lowest BCUT2D eigenvalue weighted by Crippen LogP contribution is -2.32. The van der Waals surface area contributed by atoms with Gasteiger partial charge >= 0.3 is 11.9 Å². The van der Waals surface area contributed by atoms with Gasteiger partial charge in [0.05, 0.1) is 21.3 Å². The first-order valence-corrected chi connectivity index (χ1v) is 6.58. The zero-order valence-corrected chi connectivity index (χ0v) is 12.9. The average Bonchev–Trinajstić information content (AvgIpc) is 2.66. The molecule has 6 nitrogen and oxygen atoms in total. The van der Waals surface area contributed by atoms with Gasteiger partial charge < -0.3 is 9.47 Å². The summed E-state index contributed by atoms with van der Waals surface area (Å²) in [6.07, 6.45) is 1.72. The first kappa shape index (κ1) is 14.4. The van der Waals surface area contributed by atoms with Crippen LogP contribution < -0.4 is 20.5 Å². The second-order valence-corrected chi connectivity index (χ2v) is 5.01. The number of hydrogen-bond acceptors (Lipinski definition) is 4. The summed E-state index contributed by atoms with van der Waals surface area (Å²) in [5, 5.41) is 2.55. The van der Waals surface area contributed by atoms with Gasteiger partial charge in [-0.15, -0.1) is 0 Å². The van der Waals surface area contributed by atoms with E-state index in [2.05, 4.69) is 21.2 Å². The Hall–Kier alpha value is -2.02. The van der Waals surface area contributed by atoms with Gasteiger partial charge in [-0.1, -0.05) is 15.9 Å². The number of benzene rings is 1. The van der Waals surface area contributed by atoms with Crippen molar-refractivity contribution in [3.63, 3.8) is 0 Å². The molecule has 0 aliphatic carbocycles. The van der Waals surface area contributed by atoms with Crippen molar-refractivity contribution in [1.29, 1.82) is 0 Å². The Kier molecular flexibility index (Phi) is 3.99. The molecule has 0 aromatic heterocycles. The molecule has 0 fully saturated rings. The highest BCUT2D eigenvalue weighted by molar-refractivity contribution is 9.10. The number of halogens is 1. The topological polar surface area (TPSA) is 76.6 Å². The molecule has 0 spiro atoms. The van der Waals surface area contributed by atoms with Crippen molar-refractivity contribution in [2.75, 3.05) is 21.3 Å². The molecule has 0 saturated carbocycles. The molecule has 106 valence electrons. The van der Waals surface area contributed by atoms with Crippen molar-refractivity contribution in [3.05, 3.63) is 27.9 Å². The minimum atomic E-state index is -0.244. The van der Waals surface area contributed by atoms with E-state index in [9.17, 15) is 4.79 Å². The highest BCUT2D eigenvalue weighted by Crippen LogP contribution is 2.34. The number of methoxy groups -OCH3 is 2. The number of nitrogens with one attached hydrogen (secondary N) is 1. The molecule has 0 bridgehead atoms. The van der Waals surface area contributed by atoms with Crippen LogP contribution in [0.3, 0.4) is 0 Å². The Morgan fingerprint density at radius 2 is 1.90 bits per heavy atom. The molecule has 1 aromatic rings. The van der Waals surface area contributed by atoms with Crippen molar-refractivity contribution < 1.29 is 18.8 Å². The number of hydrogen-bond donors (Lipinski definition) is 2. The number of likely N-dealkylation sites (N-methyl/N-ethyl adjacent to an activating group) is 1. The van der Waals surface area contributed by atoms with Gasteiger partial charge in [-0.25, -0.2) is 14.7 Å². The van der Waals surface area contributed by atoms with Crippen LogP contribution >= 0.6 is 15.9 Å². The van der Waals surface area contributed by atoms with Crippen LogP contribution in [0.4, 0.5) is 0 Å². The second kappa shape index (κ2) is 5.54. The van der Waals surface area contributed by atoms with Crippen molar-refractivity contribution in [2.45, 2.75) is 0 Å². The fourth-order valence-electron chi connectivity index (χ4n) is 1.84. The highest BCUT2D eigenvalue weighted by Gasteiger charge is 2.29. The Balaban J connectivity index is 2.52. The number of carbonyl (C=O) groups excluding carboxylic acids is 1. The summed E-state index contributed by atoms with van der Waals surface area (Å²) in [5.74, 6) is 1.25. The summed E-state index contributed by atoms with van der Waals surface area (Å²) >= 11 is 3.45. The minimum Gasteiger partial charge on any atom is -0.493 e. The first-order valence-electron chi connectivity index (χ1n) is 5.78. The van der Waals surface area contributed by atoms with Gasteiger partial charge in [-0.2, -0.15) is 0 Å². The number of amides is 1. The van der Waals surface area contributed by atoms with Crippen LogP contribution in [0.5, 0.6) is 11.5 Å². The summed E-state index contributed by atoms with van der Waals surface area (Å²) < 4.78 is 12.8. The fourth-order valence-corrected chi connectivity index (χ4v) is 2.27. The zero-order chi connectivity index (χ0) is 14.9. The van der Waals surface area contributed by atoms with Crippen LogP contribution in [0, 0.1) is 0 Å². The predicted molar refractivity (Wildman–Crippen MR) is 78.7 cm³/mol. The van der Waals surface area contributed by atoms with E-state index in [-0.39, 0.29) is 5.91 Å². The Morgan fingerprint density at radius 1 is 1.30 bits per heavy atom. The Bertz CT molecular complexity index is 638. The minimum absolute atomic E-state index is 0.244. The normalized spacial score (nSPS) is 16.6. The molecule has 0 atom stereocenters. The molecular weight excluding hydrogens is 326 g/mol. The van der Waals surface area contributed by atoms with E-state index in [4.69, 9.17) is 15.2 Å². The van der Waals surface area contributed by atoms with Crippen molar-refractivity contribution in [2.24, 2.45) is 5.73 Å². The van der Waals surface area contributed by atoms with E-state index >= 15 is 0 Å². The Morgan fingerprint density at radius 3 is 2.40 bits per heavy atom. The maximum absolute atomic E-state index is 11.8. The quantitative estimate of drug-likeness (QED) is 0.633. The number of rotatable bonds is 3. The summed E-state index contributed by atoms with van der Waals surface area (Å²) in [7, 11) is 4.84. The van der Waals surface area contributed by atoms with E-state index in [1.165, 1.54) is 0 Å². The number of carbonyl (C=O) groups is 1. The van der Waals surface area contributed by atoms with Gasteiger partial charge in [0.15, 0.2) is 17.2 Å². The molecule has 7 heteroatoms. The molecule has 1 aliphatic heterocycles. The number of nitrogens with zero attached hydrogens (tertiary/aromatic N) is 1. The lowest BCUT2D eigenvalue weighted by atomic mass is 10.1. The molecule has 0 unspecified atom stereocenters. The Labute approximate surface area is 125 Å². The third-order valence-electron chi connectivity index (χ3n) is 2.99. The third kappa shape index (κ3) is 2.49. The van der Waals surface area contributed by atoms with E-state index in [1.807, 2.05) is 0 Å². The van der Waals surface area contributed by atoms with Gasteiger partial charge in [0.2, 0.25) is 0 Å². The van der Waals surface area contributed by atoms with Gasteiger partial charge in [-0.3, -0.25) is 5.73 Å². The second-order valence-electron chi connectivity index (χ2n) is 4.16. The number of ether oxygens (including phenoxy) is 2. The largest absolute Gasteiger partial charge is 0.493 e. The smallest absolute Gasteiger partial charge is 0.356 e. The maximum atomic E-state index is 11.8. The number of guanidine groups is 1. The third-order valence-corrected chi connectivity index (χ3v) is 3.68. The fraction of sp³-hybridized carbons (Fsp3) is 0.231. The summed E-state index contributed by atoms with van der Waals surface area (Å²) in [5.41, 5.74) is 6.91. The van der Waals surface area contributed by atoms with Crippen LogP contribution in [0.2, 0.25) is 0 Å². The lowest BCUT2D eigenvalue weighted by molar-refractivity contribution is -0.432. The van der Waals surface area contributed by atoms with Crippen molar-refractivity contribution in [1.82, 2.24) is 5.32 Å². The predicted octanol–water partition coefficient (Wildman–Crippen LogP) is 0.894. The standard InChI is InChI=1S/C13H14BrN3O3/c1-17-9(12(18)16-13(17)15)4-7-5-10(19-2)11(20-3)6-8(7)14/h4-6H,1-3H3,(H2,15,16,18)/p+1. The molecular formula is C13H15BrN3O3+. The molecule has 0 radical (unpaired) electrons. The first-order chi connectivity index (χ1) is 9.47. The maximum Gasteiger partial charge on any atom is 0.356 e. The van der Waals surface area contributed by atoms with Crippen LogP contribution in [0.15, 0.2) is 22.3 Å². The monoisotopic (exact) mass is 340 g/mol. The van der Waals surface area contributed by atoms with Crippen molar-refractivity contribution in [3.8, 4) is 11.5 Å². The van der Waals surface area contributed by atoms with Crippen LogP contribution in [-0.4, -0.2) is 37.7 Å². The van der Waals surface area contributed by atoms with Gasteiger partial charge in [-0.05, 0) is 23.8 Å². The average molecular weight is 341 g/mol. The highest BCUT2D eigenvalue weighted by atomic mass is 79.9. The zero-order valence-electron chi connectivity index (χ0n) is 11.4. The molecule has 3 N–H and O–H groups in total. The van der Waals surface area contributed by atoms with Gasteiger partial charge in [0.1, 0.15) is 0 Å². The molecule has 1 aromatic carbocycles. The van der Waals surface area contributed by atoms with E-state index < -0.39 is 0 Å². The van der Waals surface area contributed by atoms with Crippen LogP contribution in [0.25, 0.3) is 6.08 Å². The molecule has 1 amide bonds. The van der Waals surface area contributed by atoms with E-state index in [0.29, 0.717) is 23.2 Å². The van der Waals surface area contributed by atoms with Gasteiger partial charge in [0.25, 0.3) is 0 Å². The van der Waals surface area contributed by atoms with Crippen LogP contribution in [-0.2, 0) is 4.79 Å². The molecule has 0 saturated heterocycles.